The van der Waals surface area contributed by atoms with Gasteiger partial charge in [-0.2, -0.15) is 0 Å². The molecule has 0 unspecified atom stereocenters. The molecule has 1 aliphatic carbocycles. The number of primary amides is 1. The van der Waals surface area contributed by atoms with Crippen LogP contribution in [0.1, 0.15) is 35.2 Å². The van der Waals surface area contributed by atoms with Crippen molar-refractivity contribution in [3.63, 3.8) is 0 Å². The van der Waals surface area contributed by atoms with Crippen molar-refractivity contribution in [1.82, 2.24) is 5.32 Å². The molecule has 1 amide bonds. The van der Waals surface area contributed by atoms with Crippen LogP contribution in [-0.4, -0.2) is 12.5 Å². The van der Waals surface area contributed by atoms with Crippen molar-refractivity contribution in [1.29, 1.82) is 0 Å². The summed E-state index contributed by atoms with van der Waals surface area (Å²) in [5, 5.41) is 3.39. The first-order chi connectivity index (χ1) is 7.75. The summed E-state index contributed by atoms with van der Waals surface area (Å²) in [6, 6.07) is 7.48. The third kappa shape index (κ3) is 3.35. The van der Waals surface area contributed by atoms with Gasteiger partial charge < -0.3 is 11.1 Å². The number of benzene rings is 1. The summed E-state index contributed by atoms with van der Waals surface area (Å²) in [5.74, 6) is 0.601. The van der Waals surface area contributed by atoms with Gasteiger partial charge in [0.1, 0.15) is 0 Å². The fraction of sp³-hybridized carbons (Fsp3) is 0.462. The summed E-state index contributed by atoms with van der Waals surface area (Å²) in [6.45, 7) is 1.87. The Morgan fingerprint density at radius 2 is 2.25 bits per heavy atom. The molecule has 0 heterocycles. The highest BCUT2D eigenvalue weighted by Gasteiger charge is 2.19. The third-order valence-electron chi connectivity index (χ3n) is 2.97. The molecule has 1 aliphatic rings. The number of nitrogens with two attached hydrogens (primary N) is 1. The monoisotopic (exact) mass is 218 g/mol. The summed E-state index contributed by atoms with van der Waals surface area (Å²) >= 11 is 0. The van der Waals surface area contributed by atoms with Gasteiger partial charge in [0, 0.05) is 12.1 Å². The van der Waals surface area contributed by atoms with Gasteiger partial charge in [0.15, 0.2) is 0 Å². The van der Waals surface area contributed by atoms with Gasteiger partial charge in [0.05, 0.1) is 0 Å². The normalized spacial score (nSPS) is 15.0. The van der Waals surface area contributed by atoms with Crippen molar-refractivity contribution in [2.45, 2.75) is 25.8 Å². The molecule has 1 aromatic carbocycles. The molecule has 0 radical (unpaired) electrons. The van der Waals surface area contributed by atoms with Gasteiger partial charge >= 0.3 is 0 Å². The average Bonchev–Trinajstić information content (AvgIpc) is 3.09. The first-order valence-electron chi connectivity index (χ1n) is 5.85. The zero-order valence-electron chi connectivity index (χ0n) is 9.41. The van der Waals surface area contributed by atoms with E-state index in [0.29, 0.717) is 5.56 Å². The molecule has 86 valence electrons. The molecule has 0 spiro atoms. The van der Waals surface area contributed by atoms with E-state index < -0.39 is 0 Å². The number of nitrogens with one attached hydrogen (secondary N) is 1. The Morgan fingerprint density at radius 3 is 2.94 bits per heavy atom. The van der Waals surface area contributed by atoms with Crippen molar-refractivity contribution >= 4 is 5.91 Å². The minimum absolute atomic E-state index is 0.361. The summed E-state index contributed by atoms with van der Waals surface area (Å²) in [6.07, 6.45) is 4.08. The maximum absolute atomic E-state index is 11.0. The quantitative estimate of drug-likeness (QED) is 0.714. The van der Waals surface area contributed by atoms with Crippen molar-refractivity contribution in [2.24, 2.45) is 11.7 Å². The Hall–Kier alpha value is -1.35. The summed E-state index contributed by atoms with van der Waals surface area (Å²) in [4.78, 5) is 11.0. The first-order valence-corrected chi connectivity index (χ1v) is 5.85. The van der Waals surface area contributed by atoms with Crippen LogP contribution in [0.3, 0.4) is 0 Å². The summed E-state index contributed by atoms with van der Waals surface area (Å²) in [7, 11) is 0. The van der Waals surface area contributed by atoms with Gasteiger partial charge in [-0.15, -0.1) is 0 Å². The predicted molar refractivity (Wildman–Crippen MR) is 64.0 cm³/mol. The number of hydrogen-bond acceptors (Lipinski definition) is 2. The molecular formula is C13H18N2O. The molecule has 0 aliphatic heterocycles. The van der Waals surface area contributed by atoms with E-state index in [2.05, 4.69) is 5.32 Å². The minimum atomic E-state index is -0.361. The molecule has 3 N–H and O–H groups in total. The van der Waals surface area contributed by atoms with E-state index in [1.165, 1.54) is 19.3 Å². The first kappa shape index (κ1) is 11.1. The molecular weight excluding hydrogens is 200 g/mol. The average molecular weight is 218 g/mol. The van der Waals surface area contributed by atoms with Gasteiger partial charge in [0.2, 0.25) is 5.91 Å². The van der Waals surface area contributed by atoms with E-state index in [9.17, 15) is 4.79 Å². The van der Waals surface area contributed by atoms with Crippen molar-refractivity contribution in [3.8, 4) is 0 Å². The Kier molecular flexibility index (Phi) is 3.57. The molecule has 0 atom stereocenters. The lowest BCUT2D eigenvalue weighted by Crippen LogP contribution is -2.16. The van der Waals surface area contributed by atoms with Crippen LogP contribution in [0, 0.1) is 5.92 Å². The Balaban J connectivity index is 1.78. The Labute approximate surface area is 96.0 Å². The zero-order valence-corrected chi connectivity index (χ0v) is 9.41. The largest absolute Gasteiger partial charge is 0.366 e. The number of amides is 1. The van der Waals surface area contributed by atoms with E-state index in [1.54, 1.807) is 6.07 Å². The van der Waals surface area contributed by atoms with Crippen LogP contribution in [-0.2, 0) is 6.54 Å². The molecule has 2 rings (SSSR count). The Morgan fingerprint density at radius 1 is 1.44 bits per heavy atom. The van der Waals surface area contributed by atoms with Crippen LogP contribution in [0.25, 0.3) is 0 Å². The standard InChI is InChI=1S/C13H18N2O/c14-13(16)12-3-1-2-11(8-12)9-15-7-6-10-4-5-10/h1-3,8,10,15H,4-7,9H2,(H2,14,16). The van der Waals surface area contributed by atoms with Crippen molar-refractivity contribution in [3.05, 3.63) is 35.4 Å². The fourth-order valence-corrected chi connectivity index (χ4v) is 1.78. The number of rotatable bonds is 6. The smallest absolute Gasteiger partial charge is 0.248 e. The van der Waals surface area contributed by atoms with Crippen LogP contribution in [0.4, 0.5) is 0 Å². The van der Waals surface area contributed by atoms with E-state index in [0.717, 1.165) is 24.6 Å². The van der Waals surface area contributed by atoms with E-state index in [1.807, 2.05) is 18.2 Å². The summed E-state index contributed by atoms with van der Waals surface area (Å²) < 4.78 is 0. The van der Waals surface area contributed by atoms with Crippen LogP contribution < -0.4 is 11.1 Å². The number of carbonyl (C=O) groups excluding carboxylic acids is 1. The predicted octanol–water partition coefficient (Wildman–Crippen LogP) is 1.68. The van der Waals surface area contributed by atoms with Crippen LogP contribution >= 0.6 is 0 Å². The van der Waals surface area contributed by atoms with Crippen LogP contribution in [0.2, 0.25) is 0 Å². The van der Waals surface area contributed by atoms with Crippen LogP contribution in [0.5, 0.6) is 0 Å². The maximum Gasteiger partial charge on any atom is 0.248 e. The third-order valence-corrected chi connectivity index (χ3v) is 2.97. The van der Waals surface area contributed by atoms with Gasteiger partial charge in [0.25, 0.3) is 0 Å². The highest BCUT2D eigenvalue weighted by atomic mass is 16.1. The highest BCUT2D eigenvalue weighted by Crippen LogP contribution is 2.31. The Bertz CT molecular complexity index is 372. The molecule has 1 fully saturated rings. The lowest BCUT2D eigenvalue weighted by molar-refractivity contribution is 0.1000. The lowest BCUT2D eigenvalue weighted by Gasteiger charge is -2.05. The molecule has 1 aromatic rings. The van der Waals surface area contributed by atoms with Gasteiger partial charge in [-0.1, -0.05) is 25.0 Å². The van der Waals surface area contributed by atoms with Gasteiger partial charge in [-0.05, 0) is 36.6 Å². The van der Waals surface area contributed by atoms with E-state index in [4.69, 9.17) is 5.73 Å². The second-order valence-corrected chi connectivity index (χ2v) is 4.47. The molecule has 0 aromatic heterocycles. The fourth-order valence-electron chi connectivity index (χ4n) is 1.78. The number of hydrogen-bond donors (Lipinski definition) is 2. The minimum Gasteiger partial charge on any atom is -0.366 e. The second-order valence-electron chi connectivity index (χ2n) is 4.47. The molecule has 1 saturated carbocycles. The summed E-state index contributed by atoms with van der Waals surface area (Å²) in [5.41, 5.74) is 6.93. The number of carbonyl (C=O) groups is 1. The molecule has 16 heavy (non-hydrogen) atoms. The molecule has 0 bridgehead atoms. The van der Waals surface area contributed by atoms with Gasteiger partial charge in [-0.25, -0.2) is 0 Å². The van der Waals surface area contributed by atoms with Crippen molar-refractivity contribution < 1.29 is 4.79 Å². The van der Waals surface area contributed by atoms with Gasteiger partial charge in [-0.3, -0.25) is 4.79 Å². The SMILES string of the molecule is NC(=O)c1cccc(CNCCC2CC2)c1. The second kappa shape index (κ2) is 5.12. The lowest BCUT2D eigenvalue weighted by atomic mass is 10.1. The topological polar surface area (TPSA) is 55.1 Å². The van der Waals surface area contributed by atoms with E-state index in [-0.39, 0.29) is 5.91 Å². The van der Waals surface area contributed by atoms with Crippen molar-refractivity contribution in [2.75, 3.05) is 6.54 Å². The van der Waals surface area contributed by atoms with Crippen LogP contribution in [0.15, 0.2) is 24.3 Å². The maximum atomic E-state index is 11.0. The zero-order chi connectivity index (χ0) is 11.4. The molecule has 3 heteroatoms. The molecule has 0 saturated heterocycles. The van der Waals surface area contributed by atoms with E-state index >= 15 is 0 Å². The molecule has 3 nitrogen and oxygen atoms in total. The highest BCUT2D eigenvalue weighted by molar-refractivity contribution is 5.92.